The van der Waals surface area contributed by atoms with Gasteiger partial charge in [0.25, 0.3) is 0 Å². The van der Waals surface area contributed by atoms with Crippen LogP contribution in [-0.4, -0.2) is 34.7 Å². The van der Waals surface area contributed by atoms with E-state index in [0.29, 0.717) is 28.8 Å². The molecular weight excluding hydrogens is 512 g/mol. The van der Waals surface area contributed by atoms with Crippen molar-refractivity contribution in [2.75, 3.05) is 0 Å². The average molecular weight is 541 g/mol. The molecule has 5 rings (SSSR count). The van der Waals surface area contributed by atoms with Gasteiger partial charge in [0.2, 0.25) is 0 Å². The molecule has 200 valence electrons. The zero-order chi connectivity index (χ0) is 27.5. The molecule has 3 aromatic rings. The minimum Gasteiger partial charge on any atom is -0.488 e. The fourth-order valence-electron chi connectivity index (χ4n) is 5.12. The van der Waals surface area contributed by atoms with Gasteiger partial charge in [-0.25, -0.2) is 9.59 Å². The third-order valence-corrected chi connectivity index (χ3v) is 7.58. The van der Waals surface area contributed by atoms with Gasteiger partial charge in [0.05, 0.1) is 22.4 Å². The largest absolute Gasteiger partial charge is 0.488 e. The van der Waals surface area contributed by atoms with Gasteiger partial charge in [0, 0.05) is 11.1 Å². The van der Waals surface area contributed by atoms with E-state index in [-0.39, 0.29) is 39.6 Å². The number of carbonyl (C=O) groups is 2. The summed E-state index contributed by atoms with van der Waals surface area (Å²) >= 11 is 6.08. The summed E-state index contributed by atoms with van der Waals surface area (Å²) in [5, 5.41) is 12.2. The first-order valence-electron chi connectivity index (χ1n) is 12.7. The second kappa shape index (κ2) is 9.43. The molecule has 0 radical (unpaired) electrons. The summed E-state index contributed by atoms with van der Waals surface area (Å²) in [4.78, 5) is 39.5. The van der Waals surface area contributed by atoms with Gasteiger partial charge in [-0.3, -0.25) is 4.79 Å². The van der Waals surface area contributed by atoms with Crippen LogP contribution in [0.25, 0.3) is 11.0 Å². The van der Waals surface area contributed by atoms with Crippen LogP contribution in [0.1, 0.15) is 79.0 Å². The minimum atomic E-state index is -1.32. The van der Waals surface area contributed by atoms with Crippen molar-refractivity contribution in [2.24, 2.45) is 5.92 Å². The first-order chi connectivity index (χ1) is 17.9. The molecule has 2 aromatic carbocycles. The van der Waals surface area contributed by atoms with E-state index in [4.69, 9.17) is 30.2 Å². The lowest BCUT2D eigenvalue weighted by molar-refractivity contribution is -0.117. The summed E-state index contributed by atoms with van der Waals surface area (Å²) in [6, 6.07) is 7.66. The Hall–Kier alpha value is -3.36. The van der Waals surface area contributed by atoms with Crippen molar-refractivity contribution in [1.29, 1.82) is 0 Å². The van der Waals surface area contributed by atoms with Gasteiger partial charge in [-0.1, -0.05) is 37.9 Å². The highest BCUT2D eigenvalue weighted by molar-refractivity contribution is 6.30. The number of halogens is 1. The molecule has 38 heavy (non-hydrogen) atoms. The number of carbonyl (C=O) groups excluding carboxylic acids is 2. The monoisotopic (exact) mass is 540 g/mol. The van der Waals surface area contributed by atoms with Gasteiger partial charge in [-0.2, -0.15) is 0 Å². The minimum absolute atomic E-state index is 0.0746. The van der Waals surface area contributed by atoms with Crippen molar-refractivity contribution >= 4 is 34.3 Å². The van der Waals surface area contributed by atoms with E-state index >= 15 is 0 Å². The van der Waals surface area contributed by atoms with Crippen molar-refractivity contribution in [2.45, 2.75) is 71.4 Å². The van der Waals surface area contributed by atoms with Crippen LogP contribution in [0.3, 0.4) is 0 Å². The normalized spacial score (nSPS) is 23.7. The van der Waals surface area contributed by atoms with Gasteiger partial charge >= 0.3 is 11.6 Å². The highest BCUT2D eigenvalue weighted by atomic mass is 35.5. The number of rotatable bonds is 4. The van der Waals surface area contributed by atoms with Crippen LogP contribution < -0.4 is 15.1 Å². The van der Waals surface area contributed by atoms with Crippen molar-refractivity contribution < 1.29 is 33.3 Å². The first-order valence-corrected chi connectivity index (χ1v) is 13.0. The number of aliphatic hydroxyl groups excluding tert-OH is 1. The Morgan fingerprint density at radius 3 is 2.58 bits per heavy atom. The van der Waals surface area contributed by atoms with Crippen LogP contribution in [0.2, 0.25) is 5.02 Å². The van der Waals surface area contributed by atoms with E-state index in [1.54, 1.807) is 45.9 Å². The second-order valence-corrected chi connectivity index (χ2v) is 10.9. The van der Waals surface area contributed by atoms with Gasteiger partial charge in [0.15, 0.2) is 17.5 Å². The number of benzene rings is 2. The molecule has 1 N–H and O–H groups in total. The van der Waals surface area contributed by atoms with E-state index in [0.717, 1.165) is 0 Å². The third kappa shape index (κ3) is 4.16. The Morgan fingerprint density at radius 1 is 1.16 bits per heavy atom. The van der Waals surface area contributed by atoms with E-state index in [9.17, 15) is 19.5 Å². The van der Waals surface area contributed by atoms with Gasteiger partial charge < -0.3 is 23.7 Å². The van der Waals surface area contributed by atoms with Crippen molar-refractivity contribution in [3.05, 3.63) is 68.0 Å². The van der Waals surface area contributed by atoms with Crippen LogP contribution in [0.4, 0.5) is 0 Å². The maximum atomic E-state index is 13.6. The van der Waals surface area contributed by atoms with Crippen molar-refractivity contribution in [3.8, 4) is 11.5 Å². The fraction of sp³-hybridized carbons (Fsp3) is 0.414. The topological polar surface area (TPSA) is 112 Å². The zero-order valence-corrected chi connectivity index (χ0v) is 22.5. The van der Waals surface area contributed by atoms with E-state index < -0.39 is 41.4 Å². The molecule has 0 saturated heterocycles. The predicted molar refractivity (Wildman–Crippen MR) is 140 cm³/mol. The molecule has 9 heteroatoms. The molecule has 0 bridgehead atoms. The molecule has 0 amide bonds. The lowest BCUT2D eigenvalue weighted by Crippen LogP contribution is -2.50. The Balaban J connectivity index is 1.84. The van der Waals surface area contributed by atoms with Crippen molar-refractivity contribution in [3.63, 3.8) is 0 Å². The molecule has 0 spiro atoms. The van der Waals surface area contributed by atoms with Gasteiger partial charge in [-0.15, -0.1) is 0 Å². The molecule has 2 aliphatic heterocycles. The Morgan fingerprint density at radius 2 is 1.89 bits per heavy atom. The second-order valence-electron chi connectivity index (χ2n) is 10.5. The molecule has 1 aromatic heterocycles. The SMILES string of the molecule is CCCc1cc(=O)oc2c3c(c4c(c12)OC(C)(C)[C@H](O)[C@H]4OC(=O)c1cccc(Cl)c1)O[C@H](C)[C@@H](C)C3=O. The number of fused-ring (bicyclic) bond motifs is 6. The fourth-order valence-corrected chi connectivity index (χ4v) is 5.31. The molecule has 0 fully saturated rings. The molecule has 0 aliphatic carbocycles. The maximum absolute atomic E-state index is 13.6. The van der Waals surface area contributed by atoms with Crippen LogP contribution in [0.5, 0.6) is 11.5 Å². The summed E-state index contributed by atoms with van der Waals surface area (Å²) in [5.41, 5.74) is -0.602. The first kappa shape index (κ1) is 26.3. The van der Waals surface area contributed by atoms with Crippen LogP contribution in [0, 0.1) is 5.92 Å². The Kier molecular flexibility index (Phi) is 6.52. The van der Waals surface area contributed by atoms with Crippen molar-refractivity contribution in [1.82, 2.24) is 0 Å². The van der Waals surface area contributed by atoms with Crippen LogP contribution in [0.15, 0.2) is 39.5 Å². The maximum Gasteiger partial charge on any atom is 0.338 e. The highest BCUT2D eigenvalue weighted by Crippen LogP contribution is 2.54. The predicted octanol–water partition coefficient (Wildman–Crippen LogP) is 5.43. The van der Waals surface area contributed by atoms with Crippen LogP contribution >= 0.6 is 11.6 Å². The number of aliphatic hydroxyl groups is 1. The summed E-state index contributed by atoms with van der Waals surface area (Å²) < 4.78 is 24.2. The molecule has 0 unspecified atom stereocenters. The number of Topliss-reactive ketones (excluding diaryl/α,β-unsaturated/α-hetero) is 1. The Labute approximate surface area is 224 Å². The average Bonchev–Trinajstić information content (AvgIpc) is 2.84. The molecule has 4 atom stereocenters. The van der Waals surface area contributed by atoms with Gasteiger partial charge in [0.1, 0.15) is 34.9 Å². The standard InChI is InChI=1S/C29H29ClO8/c1-6-8-15-12-18(31)36-23-19(15)25-21(24-20(23)22(32)13(2)14(3)35-24)26(27(33)29(4,5)38-25)37-28(34)16-9-7-10-17(30)11-16/h7,9-14,26-27,33H,6,8H2,1-5H3/t13-,14-,26+,27-/m1/s1. The lowest BCUT2D eigenvalue weighted by Gasteiger charge is -2.43. The number of ketones is 1. The lowest BCUT2D eigenvalue weighted by atomic mass is 9.81. The molecule has 8 nitrogen and oxygen atoms in total. The summed E-state index contributed by atoms with van der Waals surface area (Å²) in [6.07, 6.45) is -1.89. The third-order valence-electron chi connectivity index (χ3n) is 7.34. The smallest absolute Gasteiger partial charge is 0.338 e. The number of esters is 1. The molecule has 0 saturated carbocycles. The number of ether oxygens (including phenoxy) is 3. The highest BCUT2D eigenvalue weighted by Gasteiger charge is 2.51. The van der Waals surface area contributed by atoms with E-state index in [1.807, 2.05) is 6.92 Å². The van der Waals surface area contributed by atoms with Crippen LogP contribution in [-0.2, 0) is 11.2 Å². The molecular formula is C29H29ClO8. The summed E-state index contributed by atoms with van der Waals surface area (Å²) in [5.74, 6) is -1.19. The molecule has 3 heterocycles. The van der Waals surface area contributed by atoms with E-state index in [1.165, 1.54) is 12.1 Å². The number of hydrogen-bond donors (Lipinski definition) is 1. The summed E-state index contributed by atoms with van der Waals surface area (Å²) in [6.45, 7) is 8.79. The zero-order valence-electron chi connectivity index (χ0n) is 21.8. The summed E-state index contributed by atoms with van der Waals surface area (Å²) in [7, 11) is 0. The quantitative estimate of drug-likeness (QED) is 0.344. The Bertz CT molecular complexity index is 1520. The molecule has 2 aliphatic rings. The number of hydrogen-bond acceptors (Lipinski definition) is 8. The van der Waals surface area contributed by atoms with E-state index in [2.05, 4.69) is 0 Å². The van der Waals surface area contributed by atoms with Gasteiger partial charge in [-0.05, 0) is 51.0 Å². The number of aryl methyl sites for hydroxylation is 1.